The second-order valence-corrected chi connectivity index (χ2v) is 3.71. The molecule has 0 N–H and O–H groups in total. The highest BCUT2D eigenvalue weighted by Crippen LogP contribution is 2.17. The van der Waals surface area contributed by atoms with E-state index in [9.17, 15) is 4.39 Å². The standard InChI is InChI=1S/C12H14ClF/c1-9(4-3-7-13)11-5-6-12(14)10(2)8-11/h4-6,8H,3,7H2,1-2H3. The van der Waals surface area contributed by atoms with E-state index < -0.39 is 0 Å². The highest BCUT2D eigenvalue weighted by atomic mass is 35.5. The summed E-state index contributed by atoms with van der Waals surface area (Å²) in [7, 11) is 0. The van der Waals surface area contributed by atoms with Crippen LogP contribution in [0.5, 0.6) is 0 Å². The van der Waals surface area contributed by atoms with Crippen LogP contribution in [0, 0.1) is 12.7 Å². The van der Waals surface area contributed by atoms with Crippen LogP contribution in [0.15, 0.2) is 24.3 Å². The van der Waals surface area contributed by atoms with Gasteiger partial charge in [-0.3, -0.25) is 0 Å². The summed E-state index contributed by atoms with van der Waals surface area (Å²) in [6.45, 7) is 3.78. The number of rotatable bonds is 3. The van der Waals surface area contributed by atoms with Crippen LogP contribution in [0.2, 0.25) is 0 Å². The average Bonchev–Trinajstić information content (AvgIpc) is 2.18. The minimum Gasteiger partial charge on any atom is -0.207 e. The Balaban J connectivity index is 2.91. The van der Waals surface area contributed by atoms with Crippen molar-refractivity contribution in [3.8, 4) is 0 Å². The van der Waals surface area contributed by atoms with E-state index in [0.717, 1.165) is 17.6 Å². The maximum Gasteiger partial charge on any atom is 0.126 e. The van der Waals surface area contributed by atoms with Crippen molar-refractivity contribution in [1.82, 2.24) is 0 Å². The molecule has 0 amide bonds. The van der Waals surface area contributed by atoms with Crippen molar-refractivity contribution >= 4 is 17.2 Å². The second-order valence-electron chi connectivity index (χ2n) is 3.33. The third-order valence-corrected chi connectivity index (χ3v) is 2.39. The fourth-order valence-corrected chi connectivity index (χ4v) is 1.39. The molecule has 0 heterocycles. The van der Waals surface area contributed by atoms with Gasteiger partial charge in [-0.15, -0.1) is 11.6 Å². The van der Waals surface area contributed by atoms with E-state index in [1.54, 1.807) is 13.0 Å². The lowest BCUT2D eigenvalue weighted by Crippen LogP contribution is -1.86. The molecule has 1 rings (SSSR count). The predicted molar refractivity (Wildman–Crippen MR) is 60.1 cm³/mol. The lowest BCUT2D eigenvalue weighted by atomic mass is 10.0. The van der Waals surface area contributed by atoms with Crippen molar-refractivity contribution in [2.45, 2.75) is 20.3 Å². The molecule has 1 aromatic carbocycles. The molecular weight excluding hydrogens is 199 g/mol. The summed E-state index contributed by atoms with van der Waals surface area (Å²) < 4.78 is 13.0. The molecule has 0 nitrogen and oxygen atoms in total. The van der Waals surface area contributed by atoms with Gasteiger partial charge in [-0.25, -0.2) is 4.39 Å². The summed E-state index contributed by atoms with van der Waals surface area (Å²) >= 11 is 5.58. The molecule has 14 heavy (non-hydrogen) atoms. The first-order valence-electron chi connectivity index (χ1n) is 4.64. The topological polar surface area (TPSA) is 0 Å². The summed E-state index contributed by atoms with van der Waals surface area (Å²) in [5.41, 5.74) is 2.89. The van der Waals surface area contributed by atoms with Gasteiger partial charge < -0.3 is 0 Å². The third kappa shape index (κ3) is 2.85. The molecule has 1 aromatic rings. The van der Waals surface area contributed by atoms with Gasteiger partial charge in [-0.1, -0.05) is 12.1 Å². The fourth-order valence-electron chi connectivity index (χ4n) is 1.28. The molecule has 0 aromatic heterocycles. The molecule has 0 bridgehead atoms. The monoisotopic (exact) mass is 212 g/mol. The Morgan fingerprint density at radius 1 is 1.50 bits per heavy atom. The normalized spacial score (nSPS) is 11.9. The van der Waals surface area contributed by atoms with Crippen LogP contribution in [0.3, 0.4) is 0 Å². The van der Waals surface area contributed by atoms with Crippen LogP contribution in [0.1, 0.15) is 24.5 Å². The van der Waals surface area contributed by atoms with Crippen LogP contribution < -0.4 is 0 Å². The van der Waals surface area contributed by atoms with E-state index in [1.807, 2.05) is 13.0 Å². The number of alkyl halides is 1. The van der Waals surface area contributed by atoms with Crippen molar-refractivity contribution in [1.29, 1.82) is 0 Å². The molecule has 0 aliphatic heterocycles. The molecule has 0 radical (unpaired) electrons. The molecule has 0 unspecified atom stereocenters. The Bertz CT molecular complexity index is 342. The zero-order valence-electron chi connectivity index (χ0n) is 8.48. The van der Waals surface area contributed by atoms with E-state index in [2.05, 4.69) is 6.08 Å². The number of allylic oxidation sites excluding steroid dienone is 2. The van der Waals surface area contributed by atoms with Gasteiger partial charge in [0.25, 0.3) is 0 Å². The quantitative estimate of drug-likeness (QED) is 0.660. The Morgan fingerprint density at radius 2 is 2.21 bits per heavy atom. The SMILES string of the molecule is CC(=CCCCl)c1ccc(F)c(C)c1. The van der Waals surface area contributed by atoms with Crippen LogP contribution in [0.4, 0.5) is 4.39 Å². The summed E-state index contributed by atoms with van der Waals surface area (Å²) in [6.07, 6.45) is 2.92. The zero-order chi connectivity index (χ0) is 10.6. The molecule has 0 atom stereocenters. The lowest BCUT2D eigenvalue weighted by Gasteiger charge is -2.03. The lowest BCUT2D eigenvalue weighted by molar-refractivity contribution is 0.618. The van der Waals surface area contributed by atoms with Crippen molar-refractivity contribution in [3.05, 3.63) is 41.2 Å². The Morgan fingerprint density at radius 3 is 2.79 bits per heavy atom. The van der Waals surface area contributed by atoms with E-state index in [-0.39, 0.29) is 5.82 Å². The summed E-state index contributed by atoms with van der Waals surface area (Å²) in [5, 5.41) is 0. The maximum atomic E-state index is 13.0. The van der Waals surface area contributed by atoms with Crippen LogP contribution >= 0.6 is 11.6 Å². The van der Waals surface area contributed by atoms with Crippen molar-refractivity contribution in [3.63, 3.8) is 0 Å². The summed E-state index contributed by atoms with van der Waals surface area (Å²) in [5.74, 6) is 0.469. The Hall–Kier alpha value is -0.820. The number of halogens is 2. The Kier molecular flexibility index (Phi) is 4.15. The molecule has 0 aliphatic rings. The molecular formula is C12H14ClF. The van der Waals surface area contributed by atoms with Gasteiger partial charge >= 0.3 is 0 Å². The minimum atomic E-state index is -0.154. The third-order valence-electron chi connectivity index (χ3n) is 2.17. The fraction of sp³-hybridized carbons (Fsp3) is 0.333. The predicted octanol–water partition coefficient (Wildman–Crippen LogP) is 4.17. The smallest absolute Gasteiger partial charge is 0.126 e. The van der Waals surface area contributed by atoms with E-state index in [0.29, 0.717) is 11.4 Å². The molecule has 2 heteroatoms. The van der Waals surface area contributed by atoms with Gasteiger partial charge in [0.1, 0.15) is 5.82 Å². The van der Waals surface area contributed by atoms with Crippen LogP contribution in [0.25, 0.3) is 5.57 Å². The van der Waals surface area contributed by atoms with Crippen LogP contribution in [-0.2, 0) is 0 Å². The number of hydrogen-bond acceptors (Lipinski definition) is 0. The van der Waals surface area contributed by atoms with Crippen molar-refractivity contribution in [2.24, 2.45) is 0 Å². The molecule has 76 valence electrons. The van der Waals surface area contributed by atoms with Gasteiger partial charge in [-0.05, 0) is 49.1 Å². The molecule has 0 saturated heterocycles. The number of hydrogen-bond donors (Lipinski definition) is 0. The van der Waals surface area contributed by atoms with Crippen molar-refractivity contribution in [2.75, 3.05) is 5.88 Å². The zero-order valence-corrected chi connectivity index (χ0v) is 9.24. The van der Waals surface area contributed by atoms with Crippen molar-refractivity contribution < 1.29 is 4.39 Å². The first-order chi connectivity index (χ1) is 6.65. The number of aryl methyl sites for hydroxylation is 1. The van der Waals surface area contributed by atoms with E-state index in [1.165, 1.54) is 6.07 Å². The maximum absolute atomic E-state index is 13.0. The average molecular weight is 213 g/mol. The van der Waals surface area contributed by atoms with Crippen LogP contribution in [-0.4, -0.2) is 5.88 Å². The summed E-state index contributed by atoms with van der Waals surface area (Å²) in [4.78, 5) is 0. The highest BCUT2D eigenvalue weighted by Gasteiger charge is 1.99. The first kappa shape index (κ1) is 11.3. The molecule has 0 spiro atoms. The van der Waals surface area contributed by atoms with Gasteiger partial charge in [0.2, 0.25) is 0 Å². The van der Waals surface area contributed by atoms with E-state index in [4.69, 9.17) is 11.6 Å². The minimum absolute atomic E-state index is 0.154. The van der Waals surface area contributed by atoms with E-state index >= 15 is 0 Å². The number of benzene rings is 1. The van der Waals surface area contributed by atoms with Gasteiger partial charge in [0, 0.05) is 5.88 Å². The molecule has 0 aliphatic carbocycles. The van der Waals surface area contributed by atoms with Gasteiger partial charge in [0.15, 0.2) is 0 Å². The first-order valence-corrected chi connectivity index (χ1v) is 5.18. The van der Waals surface area contributed by atoms with Gasteiger partial charge in [0.05, 0.1) is 0 Å². The Labute approximate surface area is 89.4 Å². The summed E-state index contributed by atoms with van der Waals surface area (Å²) in [6, 6.07) is 5.15. The largest absolute Gasteiger partial charge is 0.207 e. The highest BCUT2D eigenvalue weighted by molar-refractivity contribution is 6.17. The second kappa shape index (κ2) is 5.16. The molecule has 0 fully saturated rings. The molecule has 0 saturated carbocycles. The van der Waals surface area contributed by atoms with Gasteiger partial charge in [-0.2, -0.15) is 0 Å².